The van der Waals surface area contributed by atoms with Gasteiger partial charge in [-0.05, 0) is 18.1 Å². The molecule has 6 heteroatoms. The second-order valence-electron chi connectivity index (χ2n) is 4.69. The number of sulfone groups is 1. The molecule has 0 aliphatic heterocycles. The van der Waals surface area contributed by atoms with Gasteiger partial charge in [0.05, 0.1) is 30.1 Å². The van der Waals surface area contributed by atoms with E-state index in [1.54, 1.807) is 6.07 Å². The van der Waals surface area contributed by atoms with E-state index in [9.17, 15) is 8.42 Å². The molecule has 0 bridgehead atoms. The van der Waals surface area contributed by atoms with Gasteiger partial charge in [0.15, 0.2) is 9.84 Å². The predicted octanol–water partition coefficient (Wildman–Crippen LogP) is 1.72. The lowest BCUT2D eigenvalue weighted by atomic mass is 10.2. The van der Waals surface area contributed by atoms with Crippen molar-refractivity contribution in [2.75, 3.05) is 31.8 Å². The van der Waals surface area contributed by atoms with E-state index >= 15 is 0 Å². The molecule has 1 aromatic rings. The molecule has 0 aliphatic carbocycles. The fourth-order valence-electron chi connectivity index (χ4n) is 1.51. The summed E-state index contributed by atoms with van der Waals surface area (Å²) in [5, 5.41) is 0. The lowest BCUT2D eigenvalue weighted by Gasteiger charge is -2.10. The molecule has 2 N–H and O–H groups in total. The molecule has 108 valence electrons. The maximum Gasteiger partial charge on any atom is 0.182 e. The van der Waals surface area contributed by atoms with Crippen molar-refractivity contribution in [2.24, 2.45) is 5.92 Å². The van der Waals surface area contributed by atoms with Gasteiger partial charge in [-0.2, -0.15) is 0 Å². The van der Waals surface area contributed by atoms with E-state index in [1.165, 1.54) is 19.2 Å². The van der Waals surface area contributed by atoms with Crippen LogP contribution >= 0.6 is 0 Å². The van der Waals surface area contributed by atoms with Crippen LogP contribution in [0.2, 0.25) is 0 Å². The Morgan fingerprint density at radius 1 is 1.32 bits per heavy atom. The van der Waals surface area contributed by atoms with Gasteiger partial charge in [0.1, 0.15) is 5.75 Å². The minimum Gasteiger partial charge on any atom is -0.497 e. The molecular weight excluding hydrogens is 266 g/mol. The van der Waals surface area contributed by atoms with Crippen LogP contribution in [0.4, 0.5) is 5.69 Å². The third-order valence-electron chi connectivity index (χ3n) is 2.50. The number of methoxy groups -OCH3 is 1. The number of hydrogen-bond donors (Lipinski definition) is 1. The van der Waals surface area contributed by atoms with Crippen molar-refractivity contribution in [2.45, 2.75) is 18.7 Å². The molecule has 0 heterocycles. The SMILES string of the molecule is COc1ccc(N)c(S(=O)(=O)CCOCC(C)C)c1. The first-order valence-corrected chi connectivity index (χ1v) is 7.76. The third-order valence-corrected chi connectivity index (χ3v) is 4.23. The summed E-state index contributed by atoms with van der Waals surface area (Å²) in [4.78, 5) is 0.0972. The van der Waals surface area contributed by atoms with Crippen LogP contribution < -0.4 is 10.5 Å². The van der Waals surface area contributed by atoms with Gasteiger partial charge in [0.25, 0.3) is 0 Å². The second-order valence-corrected chi connectivity index (χ2v) is 6.77. The zero-order valence-corrected chi connectivity index (χ0v) is 12.4. The van der Waals surface area contributed by atoms with Crippen molar-refractivity contribution >= 4 is 15.5 Å². The quantitative estimate of drug-likeness (QED) is 0.610. The minimum absolute atomic E-state index is 0.0862. The summed E-state index contributed by atoms with van der Waals surface area (Å²) in [6.07, 6.45) is 0. The van der Waals surface area contributed by atoms with Gasteiger partial charge in [-0.25, -0.2) is 8.42 Å². The second kappa shape index (κ2) is 6.77. The molecule has 0 radical (unpaired) electrons. The Labute approximate surface area is 114 Å². The van der Waals surface area contributed by atoms with Crippen molar-refractivity contribution in [1.29, 1.82) is 0 Å². The molecule has 1 aromatic carbocycles. The third kappa shape index (κ3) is 4.72. The fourth-order valence-corrected chi connectivity index (χ4v) is 2.79. The molecule has 0 saturated carbocycles. The van der Waals surface area contributed by atoms with Crippen LogP contribution in [0.25, 0.3) is 0 Å². The van der Waals surface area contributed by atoms with Crippen molar-refractivity contribution in [3.05, 3.63) is 18.2 Å². The summed E-state index contributed by atoms with van der Waals surface area (Å²) >= 11 is 0. The standard InChI is InChI=1S/C13H21NO4S/c1-10(2)9-18-6-7-19(15,16)13-8-11(17-3)4-5-12(13)14/h4-5,8,10H,6-7,9,14H2,1-3H3. The molecule has 5 nitrogen and oxygen atoms in total. The maximum absolute atomic E-state index is 12.2. The highest BCUT2D eigenvalue weighted by Gasteiger charge is 2.18. The largest absolute Gasteiger partial charge is 0.497 e. The zero-order chi connectivity index (χ0) is 14.5. The Balaban J connectivity index is 2.77. The van der Waals surface area contributed by atoms with Gasteiger partial charge in [0, 0.05) is 12.7 Å². The first-order valence-electron chi connectivity index (χ1n) is 6.11. The van der Waals surface area contributed by atoms with E-state index in [2.05, 4.69) is 0 Å². The lowest BCUT2D eigenvalue weighted by Crippen LogP contribution is -2.15. The number of ether oxygens (including phenoxy) is 2. The predicted molar refractivity (Wildman–Crippen MR) is 75.1 cm³/mol. The first-order chi connectivity index (χ1) is 8.86. The minimum atomic E-state index is -3.45. The molecule has 0 atom stereocenters. The van der Waals surface area contributed by atoms with Crippen molar-refractivity contribution in [1.82, 2.24) is 0 Å². The van der Waals surface area contributed by atoms with Crippen molar-refractivity contribution in [3.8, 4) is 5.75 Å². The smallest absolute Gasteiger partial charge is 0.182 e. The molecule has 0 spiro atoms. The van der Waals surface area contributed by atoms with E-state index < -0.39 is 9.84 Å². The molecule has 0 aliphatic rings. The summed E-state index contributed by atoms with van der Waals surface area (Å²) < 4.78 is 34.6. The average Bonchev–Trinajstić information content (AvgIpc) is 2.35. The molecular formula is C13H21NO4S. The normalized spacial score (nSPS) is 11.8. The number of nitrogens with two attached hydrogens (primary N) is 1. The molecule has 0 aromatic heterocycles. The van der Waals surface area contributed by atoms with Gasteiger partial charge in [-0.3, -0.25) is 0 Å². The Hall–Kier alpha value is -1.27. The van der Waals surface area contributed by atoms with Crippen LogP contribution in [0.15, 0.2) is 23.1 Å². The van der Waals surface area contributed by atoms with Gasteiger partial charge < -0.3 is 15.2 Å². The highest BCUT2D eigenvalue weighted by atomic mass is 32.2. The number of hydrogen-bond acceptors (Lipinski definition) is 5. The molecule has 0 amide bonds. The number of anilines is 1. The van der Waals surface area contributed by atoms with E-state index in [1.807, 2.05) is 13.8 Å². The van der Waals surface area contributed by atoms with Gasteiger partial charge in [-0.15, -0.1) is 0 Å². The van der Waals surface area contributed by atoms with Gasteiger partial charge in [-0.1, -0.05) is 13.8 Å². The van der Waals surface area contributed by atoms with Gasteiger partial charge >= 0.3 is 0 Å². The topological polar surface area (TPSA) is 78.6 Å². The Morgan fingerprint density at radius 2 is 2.00 bits per heavy atom. The van der Waals surface area contributed by atoms with Crippen LogP contribution in [0.5, 0.6) is 5.75 Å². The summed E-state index contributed by atoms with van der Waals surface area (Å²) in [5.41, 5.74) is 5.93. The highest BCUT2D eigenvalue weighted by Crippen LogP contribution is 2.24. The first kappa shape index (κ1) is 15.8. The number of nitrogen functional groups attached to an aromatic ring is 1. The van der Waals surface area contributed by atoms with Gasteiger partial charge in [0.2, 0.25) is 0 Å². The monoisotopic (exact) mass is 287 g/mol. The molecule has 0 fully saturated rings. The maximum atomic E-state index is 12.2. The van der Waals surface area contributed by atoms with Crippen molar-refractivity contribution in [3.63, 3.8) is 0 Å². The van der Waals surface area contributed by atoms with Crippen molar-refractivity contribution < 1.29 is 17.9 Å². The molecule has 0 unspecified atom stereocenters. The van der Waals surface area contributed by atoms with E-state index in [4.69, 9.17) is 15.2 Å². The molecule has 0 saturated heterocycles. The van der Waals surface area contributed by atoms with E-state index in [-0.39, 0.29) is 22.9 Å². The number of rotatable bonds is 7. The van der Waals surface area contributed by atoms with E-state index in [0.717, 1.165) is 0 Å². The van der Waals surface area contributed by atoms with E-state index in [0.29, 0.717) is 18.3 Å². The summed E-state index contributed by atoms with van der Waals surface area (Å²) in [6, 6.07) is 4.59. The molecule has 19 heavy (non-hydrogen) atoms. The zero-order valence-electron chi connectivity index (χ0n) is 11.5. The summed E-state index contributed by atoms with van der Waals surface area (Å²) in [6.45, 7) is 4.73. The van der Waals surface area contributed by atoms with Crippen LogP contribution in [-0.2, 0) is 14.6 Å². The number of benzene rings is 1. The highest BCUT2D eigenvalue weighted by molar-refractivity contribution is 7.91. The fraction of sp³-hybridized carbons (Fsp3) is 0.538. The van der Waals surface area contributed by atoms with Crippen LogP contribution in [0.1, 0.15) is 13.8 Å². The summed E-state index contributed by atoms with van der Waals surface area (Å²) in [7, 11) is -1.97. The van der Waals surface area contributed by atoms with Crippen LogP contribution in [-0.4, -0.2) is 34.5 Å². The summed E-state index contributed by atoms with van der Waals surface area (Å²) in [5.74, 6) is 0.761. The average molecular weight is 287 g/mol. The van der Waals surface area contributed by atoms with Crippen LogP contribution in [0, 0.1) is 5.92 Å². The van der Waals surface area contributed by atoms with Crippen LogP contribution in [0.3, 0.4) is 0 Å². The lowest BCUT2D eigenvalue weighted by molar-refractivity contribution is 0.123. The Kier molecular flexibility index (Phi) is 5.62. The Morgan fingerprint density at radius 3 is 2.58 bits per heavy atom. The Bertz CT molecular complexity index is 511. The molecule has 1 rings (SSSR count).